The molecule has 0 bridgehead atoms. The van der Waals surface area contributed by atoms with Gasteiger partial charge in [-0.05, 0) is 49.4 Å². The van der Waals surface area contributed by atoms with Gasteiger partial charge in [0.05, 0.1) is 12.8 Å². The van der Waals surface area contributed by atoms with Gasteiger partial charge in [0.25, 0.3) is 11.8 Å². The summed E-state index contributed by atoms with van der Waals surface area (Å²) in [6.07, 6.45) is -1.17. The van der Waals surface area contributed by atoms with Crippen LogP contribution in [-0.4, -0.2) is 37.5 Å². The van der Waals surface area contributed by atoms with Gasteiger partial charge in [-0.3, -0.25) is 14.4 Å². The molecular formula is C19H18BrFN2O5. The summed E-state index contributed by atoms with van der Waals surface area (Å²) in [5, 5.41) is 4.73. The molecule has 0 radical (unpaired) electrons. The van der Waals surface area contributed by atoms with Crippen LogP contribution in [-0.2, 0) is 14.3 Å². The Morgan fingerprint density at radius 3 is 2.43 bits per heavy atom. The molecule has 0 spiro atoms. The number of rotatable bonds is 7. The number of carbonyl (C=O) groups excluding carboxylic acids is 3. The fourth-order valence-corrected chi connectivity index (χ4v) is 2.45. The normalized spacial score (nSPS) is 11.3. The average molecular weight is 453 g/mol. The summed E-state index contributed by atoms with van der Waals surface area (Å²) in [7, 11) is 1.51. The highest BCUT2D eigenvalue weighted by Gasteiger charge is 2.19. The van der Waals surface area contributed by atoms with Crippen LogP contribution in [0.25, 0.3) is 0 Å². The second-order valence-corrected chi connectivity index (χ2v) is 6.57. The Morgan fingerprint density at radius 1 is 1.14 bits per heavy atom. The highest BCUT2D eigenvalue weighted by Crippen LogP contribution is 2.19. The van der Waals surface area contributed by atoms with E-state index >= 15 is 0 Å². The van der Waals surface area contributed by atoms with E-state index in [2.05, 4.69) is 26.6 Å². The number of carbonyl (C=O) groups is 3. The van der Waals surface area contributed by atoms with Gasteiger partial charge in [-0.25, -0.2) is 4.39 Å². The Morgan fingerprint density at radius 2 is 1.82 bits per heavy atom. The first-order valence-electron chi connectivity index (χ1n) is 8.18. The van der Waals surface area contributed by atoms with Crippen molar-refractivity contribution in [2.24, 2.45) is 0 Å². The van der Waals surface area contributed by atoms with Crippen molar-refractivity contribution in [3.8, 4) is 5.75 Å². The highest BCUT2D eigenvalue weighted by molar-refractivity contribution is 9.10. The predicted molar refractivity (Wildman–Crippen MR) is 104 cm³/mol. The number of hydrogen-bond acceptors (Lipinski definition) is 5. The lowest BCUT2D eigenvalue weighted by Crippen LogP contribution is -2.36. The van der Waals surface area contributed by atoms with Crippen molar-refractivity contribution in [2.75, 3.05) is 19.0 Å². The van der Waals surface area contributed by atoms with Gasteiger partial charge in [-0.15, -0.1) is 0 Å². The van der Waals surface area contributed by atoms with E-state index in [-0.39, 0.29) is 5.69 Å². The van der Waals surface area contributed by atoms with Crippen LogP contribution in [0.3, 0.4) is 0 Å². The molecular weight excluding hydrogens is 435 g/mol. The Hall–Kier alpha value is -2.94. The summed E-state index contributed by atoms with van der Waals surface area (Å²) in [5.74, 6) is -2.02. The van der Waals surface area contributed by atoms with Crippen molar-refractivity contribution in [1.82, 2.24) is 5.32 Å². The molecule has 2 N–H and O–H groups in total. The number of anilines is 1. The molecule has 1 atom stereocenters. The minimum atomic E-state index is -1.17. The standard InChI is InChI=1S/C19H18BrFN2O5/c1-11(18(25)23-16-8-5-13(20)9-15(16)21)28-17(24)10-22-19(26)12-3-6-14(27-2)7-4-12/h3-9,11H,10H2,1-2H3,(H,22,26)(H,23,25). The molecule has 0 saturated heterocycles. The van der Waals surface area contributed by atoms with Crippen LogP contribution in [0, 0.1) is 5.82 Å². The van der Waals surface area contributed by atoms with E-state index in [0.717, 1.165) is 0 Å². The first-order valence-corrected chi connectivity index (χ1v) is 8.97. The van der Waals surface area contributed by atoms with E-state index in [0.29, 0.717) is 15.8 Å². The fraction of sp³-hybridized carbons (Fsp3) is 0.211. The van der Waals surface area contributed by atoms with Crippen molar-refractivity contribution in [3.05, 3.63) is 58.3 Å². The van der Waals surface area contributed by atoms with E-state index in [1.54, 1.807) is 30.3 Å². The van der Waals surface area contributed by atoms with Gasteiger partial charge in [0.1, 0.15) is 18.1 Å². The molecule has 2 rings (SSSR count). The second-order valence-electron chi connectivity index (χ2n) is 5.66. The zero-order chi connectivity index (χ0) is 20.7. The number of hydrogen-bond donors (Lipinski definition) is 2. The first-order chi connectivity index (χ1) is 13.3. The van der Waals surface area contributed by atoms with Gasteiger partial charge in [0.15, 0.2) is 6.10 Å². The monoisotopic (exact) mass is 452 g/mol. The van der Waals surface area contributed by atoms with Crippen LogP contribution in [0.4, 0.5) is 10.1 Å². The lowest BCUT2D eigenvalue weighted by Gasteiger charge is -2.14. The smallest absolute Gasteiger partial charge is 0.326 e. The largest absolute Gasteiger partial charge is 0.497 e. The number of halogens is 2. The Labute approximate surface area is 169 Å². The van der Waals surface area contributed by atoms with E-state index < -0.39 is 36.2 Å². The number of benzene rings is 2. The van der Waals surface area contributed by atoms with Gasteiger partial charge >= 0.3 is 5.97 Å². The Kier molecular flexibility index (Phi) is 7.51. The van der Waals surface area contributed by atoms with Crippen molar-refractivity contribution in [2.45, 2.75) is 13.0 Å². The molecule has 0 aliphatic heterocycles. The molecule has 9 heteroatoms. The van der Waals surface area contributed by atoms with E-state index in [4.69, 9.17) is 9.47 Å². The minimum Gasteiger partial charge on any atom is -0.497 e. The van der Waals surface area contributed by atoms with Crippen LogP contribution in [0.1, 0.15) is 17.3 Å². The number of nitrogens with one attached hydrogen (secondary N) is 2. The molecule has 148 valence electrons. The zero-order valence-corrected chi connectivity index (χ0v) is 16.7. The third-order valence-electron chi connectivity index (χ3n) is 3.61. The molecule has 2 amide bonds. The highest BCUT2D eigenvalue weighted by atomic mass is 79.9. The summed E-state index contributed by atoms with van der Waals surface area (Å²) >= 11 is 3.11. The van der Waals surface area contributed by atoms with Crippen molar-refractivity contribution >= 4 is 39.4 Å². The van der Waals surface area contributed by atoms with Gasteiger partial charge in [0, 0.05) is 10.0 Å². The van der Waals surface area contributed by atoms with Crippen LogP contribution < -0.4 is 15.4 Å². The summed E-state index contributed by atoms with van der Waals surface area (Å²) < 4.78 is 24.2. The SMILES string of the molecule is COc1ccc(C(=O)NCC(=O)OC(C)C(=O)Nc2ccc(Br)cc2F)cc1. The molecule has 0 heterocycles. The molecule has 7 nitrogen and oxygen atoms in total. The lowest BCUT2D eigenvalue weighted by molar-refractivity contribution is -0.152. The number of ether oxygens (including phenoxy) is 2. The van der Waals surface area contributed by atoms with Gasteiger partial charge in [-0.1, -0.05) is 15.9 Å². The second kappa shape index (κ2) is 9.84. The Bertz CT molecular complexity index is 873. The first kappa shape index (κ1) is 21.4. The number of methoxy groups -OCH3 is 1. The topological polar surface area (TPSA) is 93.7 Å². The quantitative estimate of drug-likeness (QED) is 0.629. The maximum Gasteiger partial charge on any atom is 0.326 e. The summed E-state index contributed by atoms with van der Waals surface area (Å²) in [5.41, 5.74) is 0.300. The zero-order valence-electron chi connectivity index (χ0n) is 15.1. The van der Waals surface area contributed by atoms with Crippen molar-refractivity contribution in [1.29, 1.82) is 0 Å². The third kappa shape index (κ3) is 6.05. The molecule has 0 aromatic heterocycles. The van der Waals surface area contributed by atoms with Crippen molar-refractivity contribution < 1.29 is 28.2 Å². The Balaban J connectivity index is 1.82. The number of esters is 1. The van der Waals surface area contributed by atoms with Crippen LogP contribution in [0.5, 0.6) is 5.75 Å². The van der Waals surface area contributed by atoms with Crippen molar-refractivity contribution in [3.63, 3.8) is 0 Å². The van der Waals surface area contributed by atoms with E-state index in [1.807, 2.05) is 0 Å². The minimum absolute atomic E-state index is 0.0380. The summed E-state index contributed by atoms with van der Waals surface area (Å²) in [6.45, 7) is 0.921. The van der Waals surface area contributed by atoms with Gasteiger partial charge in [0.2, 0.25) is 0 Å². The molecule has 0 aliphatic carbocycles. The fourth-order valence-electron chi connectivity index (χ4n) is 2.11. The summed E-state index contributed by atoms with van der Waals surface area (Å²) in [4.78, 5) is 35.9. The molecule has 1 unspecified atom stereocenters. The molecule has 0 saturated carbocycles. The maximum atomic E-state index is 13.7. The van der Waals surface area contributed by atoms with E-state index in [1.165, 1.54) is 26.2 Å². The van der Waals surface area contributed by atoms with Crippen LogP contribution in [0.2, 0.25) is 0 Å². The molecule has 0 aliphatic rings. The third-order valence-corrected chi connectivity index (χ3v) is 4.11. The molecule has 2 aromatic carbocycles. The van der Waals surface area contributed by atoms with E-state index in [9.17, 15) is 18.8 Å². The number of amides is 2. The van der Waals surface area contributed by atoms with Crippen LogP contribution >= 0.6 is 15.9 Å². The average Bonchev–Trinajstić information content (AvgIpc) is 2.68. The predicted octanol–water partition coefficient (Wildman–Crippen LogP) is 2.90. The molecule has 28 heavy (non-hydrogen) atoms. The lowest BCUT2D eigenvalue weighted by atomic mass is 10.2. The van der Waals surface area contributed by atoms with Gasteiger partial charge in [-0.2, -0.15) is 0 Å². The summed E-state index contributed by atoms with van der Waals surface area (Å²) in [6, 6.07) is 10.4. The van der Waals surface area contributed by atoms with Crippen LogP contribution in [0.15, 0.2) is 46.9 Å². The maximum absolute atomic E-state index is 13.7. The molecule has 0 fully saturated rings. The molecule has 2 aromatic rings. The van der Waals surface area contributed by atoms with Gasteiger partial charge < -0.3 is 20.1 Å².